The summed E-state index contributed by atoms with van der Waals surface area (Å²) in [6.45, 7) is 3.57. The van der Waals surface area contributed by atoms with E-state index in [1.807, 2.05) is 0 Å². The van der Waals surface area contributed by atoms with Crippen LogP contribution in [0.2, 0.25) is 5.02 Å². The van der Waals surface area contributed by atoms with Gasteiger partial charge in [0.1, 0.15) is 35.1 Å². The molecule has 1 atom stereocenters. The van der Waals surface area contributed by atoms with Crippen LogP contribution < -0.4 is 25.4 Å². The van der Waals surface area contributed by atoms with Gasteiger partial charge in [0.25, 0.3) is 11.9 Å². The standard InChI is InChI=1S/C26H25ClFN5O4/c1-26(7-3-8-31-26)14-35-22-10-15(4-5-18(22)27)32-25-33-20-13-17(11-19(28)23(20)37-25)36-16-6-9-30-21(12-16)24(34)29-2/h4-6,9-13,31H,3,7-8,14H2,1-2H3,(H,29,34)(H,32,33)/t26-/m0/s1. The van der Waals surface area contributed by atoms with Crippen LogP contribution in [0.15, 0.2) is 53.1 Å². The number of nitrogens with one attached hydrogen (secondary N) is 3. The molecule has 3 heterocycles. The van der Waals surface area contributed by atoms with Gasteiger partial charge in [-0.15, -0.1) is 0 Å². The molecular formula is C26H25ClFN5O4. The molecule has 192 valence electrons. The van der Waals surface area contributed by atoms with E-state index in [0.717, 1.165) is 19.4 Å². The minimum atomic E-state index is -0.647. The molecular weight excluding hydrogens is 501 g/mol. The van der Waals surface area contributed by atoms with Crippen molar-refractivity contribution < 1.29 is 23.1 Å². The second kappa shape index (κ2) is 10.2. The summed E-state index contributed by atoms with van der Waals surface area (Å²) >= 11 is 6.33. The van der Waals surface area contributed by atoms with Crippen molar-refractivity contribution in [1.29, 1.82) is 0 Å². The molecule has 0 aliphatic carbocycles. The average Bonchev–Trinajstić information content (AvgIpc) is 3.50. The Morgan fingerprint density at radius 3 is 2.89 bits per heavy atom. The van der Waals surface area contributed by atoms with Crippen LogP contribution in [0.1, 0.15) is 30.3 Å². The smallest absolute Gasteiger partial charge is 0.300 e. The molecule has 0 spiro atoms. The van der Waals surface area contributed by atoms with E-state index < -0.39 is 5.82 Å². The maximum atomic E-state index is 14.8. The Labute approximate surface area is 217 Å². The lowest BCUT2D eigenvalue weighted by atomic mass is 10.0. The highest BCUT2D eigenvalue weighted by Gasteiger charge is 2.29. The Morgan fingerprint density at radius 1 is 1.24 bits per heavy atom. The summed E-state index contributed by atoms with van der Waals surface area (Å²) in [6, 6.07) is 11.0. The van der Waals surface area contributed by atoms with Crippen LogP contribution in [0.25, 0.3) is 11.1 Å². The number of hydrogen-bond donors (Lipinski definition) is 3. The molecule has 2 aromatic carbocycles. The second-order valence-electron chi connectivity index (χ2n) is 8.98. The molecule has 4 aromatic rings. The highest BCUT2D eigenvalue weighted by Crippen LogP contribution is 2.33. The summed E-state index contributed by atoms with van der Waals surface area (Å²) < 4.78 is 32.1. The third kappa shape index (κ3) is 5.60. The fraction of sp³-hybridized carbons (Fsp3) is 0.269. The van der Waals surface area contributed by atoms with Crippen molar-refractivity contribution in [2.45, 2.75) is 25.3 Å². The number of anilines is 2. The molecule has 0 unspecified atom stereocenters. The molecule has 1 aliphatic heterocycles. The Hall–Kier alpha value is -3.89. The number of pyridine rings is 1. The topological polar surface area (TPSA) is 111 Å². The van der Waals surface area contributed by atoms with Crippen molar-refractivity contribution in [2.75, 3.05) is 25.5 Å². The first-order valence-corrected chi connectivity index (χ1v) is 12.1. The molecule has 3 N–H and O–H groups in total. The molecule has 0 saturated carbocycles. The molecule has 11 heteroatoms. The number of benzene rings is 2. The lowest BCUT2D eigenvalue weighted by Crippen LogP contribution is -2.42. The number of hydrogen-bond acceptors (Lipinski definition) is 8. The fourth-order valence-corrected chi connectivity index (χ4v) is 4.25. The van der Waals surface area contributed by atoms with Crippen molar-refractivity contribution >= 4 is 40.3 Å². The van der Waals surface area contributed by atoms with Crippen molar-refractivity contribution in [2.24, 2.45) is 0 Å². The fourth-order valence-electron chi connectivity index (χ4n) is 4.08. The first-order valence-electron chi connectivity index (χ1n) is 11.7. The molecule has 9 nitrogen and oxygen atoms in total. The van der Waals surface area contributed by atoms with E-state index in [2.05, 4.69) is 32.8 Å². The number of oxazole rings is 1. The Bertz CT molecular complexity index is 1450. The molecule has 37 heavy (non-hydrogen) atoms. The lowest BCUT2D eigenvalue weighted by molar-refractivity contribution is 0.0958. The zero-order valence-corrected chi connectivity index (χ0v) is 21.0. The van der Waals surface area contributed by atoms with E-state index in [9.17, 15) is 9.18 Å². The average molecular weight is 526 g/mol. The molecule has 5 rings (SSSR count). The van der Waals surface area contributed by atoms with Crippen molar-refractivity contribution in [3.05, 3.63) is 65.2 Å². The summed E-state index contributed by atoms with van der Waals surface area (Å²) in [5.74, 6) is 0.0261. The van der Waals surface area contributed by atoms with Gasteiger partial charge in [-0.05, 0) is 44.5 Å². The lowest BCUT2D eigenvalue weighted by Gasteiger charge is -2.24. The third-order valence-electron chi connectivity index (χ3n) is 6.03. The molecule has 2 aromatic heterocycles. The molecule has 0 bridgehead atoms. The maximum absolute atomic E-state index is 14.8. The van der Waals surface area contributed by atoms with Gasteiger partial charge in [-0.25, -0.2) is 4.39 Å². The Kier molecular flexibility index (Phi) is 6.86. The summed E-state index contributed by atoms with van der Waals surface area (Å²) in [6.07, 6.45) is 3.57. The quantitative estimate of drug-likeness (QED) is 0.279. The molecule has 1 saturated heterocycles. The van der Waals surface area contributed by atoms with Crippen molar-refractivity contribution in [3.8, 4) is 17.2 Å². The second-order valence-corrected chi connectivity index (χ2v) is 9.39. The number of carbonyl (C=O) groups is 1. The largest absolute Gasteiger partial charge is 0.490 e. The highest BCUT2D eigenvalue weighted by molar-refractivity contribution is 6.32. The normalized spacial score (nSPS) is 17.1. The molecule has 0 radical (unpaired) electrons. The van der Waals surface area contributed by atoms with E-state index in [0.29, 0.717) is 28.8 Å². The van der Waals surface area contributed by atoms with E-state index in [1.54, 1.807) is 30.3 Å². The van der Waals surface area contributed by atoms with Crippen LogP contribution in [0.3, 0.4) is 0 Å². The zero-order chi connectivity index (χ0) is 26.0. The Balaban J connectivity index is 1.33. The number of carbonyl (C=O) groups excluding carboxylic acids is 1. The number of aromatic nitrogens is 2. The summed E-state index contributed by atoms with van der Waals surface area (Å²) in [5.41, 5.74) is 0.926. The van der Waals surface area contributed by atoms with Crippen LogP contribution in [0.4, 0.5) is 16.1 Å². The van der Waals surface area contributed by atoms with Crippen LogP contribution >= 0.6 is 11.6 Å². The molecule has 1 aliphatic rings. The van der Waals surface area contributed by atoms with Crippen LogP contribution in [-0.2, 0) is 0 Å². The zero-order valence-electron chi connectivity index (χ0n) is 20.2. The third-order valence-corrected chi connectivity index (χ3v) is 6.34. The number of fused-ring (bicyclic) bond motifs is 1. The number of halogens is 2. The Morgan fingerprint density at radius 2 is 2.11 bits per heavy atom. The summed E-state index contributed by atoms with van der Waals surface area (Å²) in [5, 5.41) is 9.45. The van der Waals surface area contributed by atoms with Gasteiger partial charge in [0, 0.05) is 48.7 Å². The monoisotopic (exact) mass is 525 g/mol. The van der Waals surface area contributed by atoms with Gasteiger partial charge in [0.05, 0.1) is 5.02 Å². The van der Waals surface area contributed by atoms with Gasteiger partial charge in [-0.1, -0.05) is 11.6 Å². The predicted molar refractivity (Wildman–Crippen MR) is 138 cm³/mol. The first-order chi connectivity index (χ1) is 17.8. The minimum absolute atomic E-state index is 0.0266. The SMILES string of the molecule is CNC(=O)c1cc(Oc2cc(F)c3oc(Nc4ccc(Cl)c(OC[C@]5(C)CCCN5)c4)nc3c2)ccn1. The number of amides is 1. The van der Waals surface area contributed by atoms with Crippen LogP contribution in [-0.4, -0.2) is 41.6 Å². The van der Waals surface area contributed by atoms with Crippen LogP contribution in [0.5, 0.6) is 17.2 Å². The minimum Gasteiger partial charge on any atom is -0.490 e. The predicted octanol–water partition coefficient (Wildman–Crippen LogP) is 5.43. The van der Waals surface area contributed by atoms with Crippen molar-refractivity contribution in [1.82, 2.24) is 20.6 Å². The van der Waals surface area contributed by atoms with Gasteiger partial charge in [0.2, 0.25) is 0 Å². The van der Waals surface area contributed by atoms with Gasteiger partial charge in [-0.3, -0.25) is 9.78 Å². The van der Waals surface area contributed by atoms with E-state index in [1.165, 1.54) is 25.4 Å². The number of nitrogens with zero attached hydrogens (tertiary/aromatic N) is 2. The molecule has 1 fully saturated rings. The summed E-state index contributed by atoms with van der Waals surface area (Å²) in [4.78, 5) is 20.1. The highest BCUT2D eigenvalue weighted by atomic mass is 35.5. The first kappa shape index (κ1) is 24.8. The van der Waals surface area contributed by atoms with E-state index >= 15 is 0 Å². The van der Waals surface area contributed by atoms with Crippen molar-refractivity contribution in [3.63, 3.8) is 0 Å². The van der Waals surface area contributed by atoms with Gasteiger partial charge in [-0.2, -0.15) is 4.98 Å². The van der Waals surface area contributed by atoms with Crippen LogP contribution in [0, 0.1) is 5.82 Å². The summed E-state index contributed by atoms with van der Waals surface area (Å²) in [7, 11) is 1.50. The van der Waals surface area contributed by atoms with Gasteiger partial charge >= 0.3 is 0 Å². The number of rotatable bonds is 8. The van der Waals surface area contributed by atoms with E-state index in [4.69, 9.17) is 25.5 Å². The van der Waals surface area contributed by atoms with Gasteiger partial charge in [0.15, 0.2) is 11.4 Å². The van der Waals surface area contributed by atoms with E-state index in [-0.39, 0.29) is 40.0 Å². The maximum Gasteiger partial charge on any atom is 0.300 e. The number of ether oxygens (including phenoxy) is 2. The molecule has 1 amide bonds. The van der Waals surface area contributed by atoms with Gasteiger partial charge < -0.3 is 29.8 Å².